The summed E-state index contributed by atoms with van der Waals surface area (Å²) in [5.74, 6) is 0.580. The Morgan fingerprint density at radius 1 is 1.38 bits per heavy atom. The second-order valence-electron chi connectivity index (χ2n) is 3.25. The monoisotopic (exact) mass is 178 g/mol. The van der Waals surface area contributed by atoms with Crippen LogP contribution >= 0.6 is 0 Å². The third-order valence-corrected chi connectivity index (χ3v) is 2.91. The third-order valence-electron chi connectivity index (χ3n) is 2.47. The Morgan fingerprint density at radius 3 is 2.85 bits per heavy atom. The average molecular weight is 178 g/mol. The van der Waals surface area contributed by atoms with Crippen molar-refractivity contribution >= 4 is 35.2 Å². The van der Waals surface area contributed by atoms with Crippen molar-refractivity contribution in [3.05, 3.63) is 41.0 Å². The van der Waals surface area contributed by atoms with Gasteiger partial charge in [0.1, 0.15) is 0 Å². The van der Waals surface area contributed by atoms with Crippen LogP contribution in [0, 0.1) is 6.92 Å². The molecule has 2 heteroatoms. The molecule has 0 saturated carbocycles. The molecule has 0 N–H and O–H groups in total. The summed E-state index contributed by atoms with van der Waals surface area (Å²) in [4.78, 5) is 0. The molecule has 0 spiro atoms. The van der Waals surface area contributed by atoms with Crippen molar-refractivity contribution in [3.8, 4) is 0 Å². The summed E-state index contributed by atoms with van der Waals surface area (Å²) in [6.45, 7) is 2.17. The second kappa shape index (κ2) is 4.33. The molecule has 0 aromatic heterocycles. The zero-order valence-corrected chi connectivity index (χ0v) is 9.17. The van der Waals surface area contributed by atoms with Gasteiger partial charge in [0.15, 0.2) is 0 Å². The van der Waals surface area contributed by atoms with Crippen LogP contribution in [0.4, 0.5) is 0 Å². The summed E-state index contributed by atoms with van der Waals surface area (Å²) in [5.41, 5.74) is 4.26. The van der Waals surface area contributed by atoms with Gasteiger partial charge in [-0.25, -0.2) is 0 Å². The molecule has 13 heavy (non-hydrogen) atoms. The maximum atomic E-state index is 3.57. The van der Waals surface area contributed by atoms with Crippen molar-refractivity contribution in [1.82, 2.24) is 0 Å². The molecule has 0 amide bonds. The van der Waals surface area contributed by atoms with E-state index in [1.165, 1.54) is 16.7 Å². The van der Waals surface area contributed by atoms with Gasteiger partial charge in [0.05, 0.1) is 0 Å². The van der Waals surface area contributed by atoms with Crippen LogP contribution in [-0.4, -0.2) is 29.1 Å². The number of rotatable bonds is 1. The van der Waals surface area contributed by atoms with Gasteiger partial charge < -0.3 is 0 Å². The Hall–Kier alpha value is -0.226. The molecule has 2 rings (SSSR count). The van der Waals surface area contributed by atoms with Gasteiger partial charge in [-0.15, -0.1) is 0 Å². The van der Waals surface area contributed by atoms with E-state index < -0.39 is 0 Å². The number of benzene rings is 1. The zero-order chi connectivity index (χ0) is 8.55. The SMILES string of the molecule is Cc1cccc2c1C=CC2C[Si].[Li]. The number of aryl methyl sites for hydroxylation is 1. The Bertz CT molecular complexity index is 331. The van der Waals surface area contributed by atoms with E-state index in [1.54, 1.807) is 0 Å². The Kier molecular flexibility index (Phi) is 3.61. The number of hydrogen-bond donors (Lipinski definition) is 0. The molecule has 1 aliphatic carbocycles. The molecule has 0 bridgehead atoms. The Labute approximate surface area is 95.0 Å². The van der Waals surface area contributed by atoms with Crippen molar-refractivity contribution in [2.24, 2.45) is 0 Å². The summed E-state index contributed by atoms with van der Waals surface area (Å²) in [6, 6.07) is 7.54. The standard InChI is InChI=1S/C11H11Si.Li/c1-8-3-2-4-11-9(7-12)5-6-10(8)11;/h2-6,9H,7H2,1H3;. The maximum absolute atomic E-state index is 3.57. The number of allylic oxidation sites excluding steroid dienone is 1. The molecule has 1 aromatic rings. The van der Waals surface area contributed by atoms with Gasteiger partial charge in [0, 0.05) is 29.1 Å². The molecule has 1 aliphatic rings. The van der Waals surface area contributed by atoms with E-state index in [0.717, 1.165) is 6.04 Å². The van der Waals surface area contributed by atoms with Crippen LogP contribution in [0.15, 0.2) is 24.3 Å². The van der Waals surface area contributed by atoms with Crippen molar-refractivity contribution in [2.75, 3.05) is 0 Å². The summed E-state index contributed by atoms with van der Waals surface area (Å²) in [5, 5.41) is 0. The predicted molar refractivity (Wildman–Crippen MR) is 59.3 cm³/mol. The smallest absolute Gasteiger partial charge is 0.0233 e. The molecular weight excluding hydrogens is 167 g/mol. The first-order chi connectivity index (χ1) is 5.83. The van der Waals surface area contributed by atoms with E-state index in [-0.39, 0.29) is 18.9 Å². The molecule has 1 atom stereocenters. The Balaban J connectivity index is 0.000000845. The average Bonchev–Trinajstić information content (AvgIpc) is 2.49. The minimum absolute atomic E-state index is 0. The van der Waals surface area contributed by atoms with Crippen molar-refractivity contribution < 1.29 is 0 Å². The van der Waals surface area contributed by atoms with E-state index in [1.807, 2.05) is 0 Å². The van der Waals surface area contributed by atoms with E-state index >= 15 is 0 Å². The van der Waals surface area contributed by atoms with Crippen LogP contribution in [0.5, 0.6) is 0 Å². The van der Waals surface area contributed by atoms with E-state index in [9.17, 15) is 0 Å². The van der Waals surface area contributed by atoms with Crippen LogP contribution in [0.2, 0.25) is 6.04 Å². The molecule has 0 aliphatic heterocycles. The molecule has 60 valence electrons. The van der Waals surface area contributed by atoms with Gasteiger partial charge in [0.25, 0.3) is 0 Å². The fourth-order valence-electron chi connectivity index (χ4n) is 1.75. The minimum atomic E-state index is 0. The summed E-state index contributed by atoms with van der Waals surface area (Å²) in [6.07, 6.45) is 4.50. The first kappa shape index (κ1) is 10.9. The topological polar surface area (TPSA) is 0 Å². The van der Waals surface area contributed by atoms with E-state index in [4.69, 9.17) is 0 Å². The molecule has 1 unspecified atom stereocenters. The Morgan fingerprint density at radius 2 is 2.15 bits per heavy atom. The van der Waals surface area contributed by atoms with E-state index in [0.29, 0.717) is 5.92 Å². The summed E-state index contributed by atoms with van der Waals surface area (Å²) in [7, 11) is 3.57. The van der Waals surface area contributed by atoms with Crippen molar-refractivity contribution in [2.45, 2.75) is 18.9 Å². The molecule has 0 saturated heterocycles. The quantitative estimate of drug-likeness (QED) is 0.579. The van der Waals surface area contributed by atoms with Gasteiger partial charge in [-0.3, -0.25) is 0 Å². The van der Waals surface area contributed by atoms with Crippen molar-refractivity contribution in [1.29, 1.82) is 0 Å². The van der Waals surface area contributed by atoms with Gasteiger partial charge in [-0.1, -0.05) is 36.4 Å². The zero-order valence-electron chi connectivity index (χ0n) is 8.17. The molecule has 1 aromatic carbocycles. The third kappa shape index (κ3) is 1.83. The molecule has 0 fully saturated rings. The minimum Gasteiger partial charge on any atom is -0.0767 e. The van der Waals surface area contributed by atoms with Crippen LogP contribution in [0.3, 0.4) is 0 Å². The van der Waals surface area contributed by atoms with Crippen LogP contribution in [0.1, 0.15) is 22.6 Å². The normalized spacial score (nSPS) is 18.2. The van der Waals surface area contributed by atoms with Gasteiger partial charge in [0.2, 0.25) is 0 Å². The van der Waals surface area contributed by atoms with Crippen molar-refractivity contribution in [3.63, 3.8) is 0 Å². The first-order valence-corrected chi connectivity index (χ1v) is 4.96. The van der Waals surface area contributed by atoms with Crippen LogP contribution < -0.4 is 0 Å². The first-order valence-electron chi connectivity index (χ1n) is 4.25. The maximum Gasteiger partial charge on any atom is 0.0233 e. The molecule has 0 nitrogen and oxygen atoms in total. The van der Waals surface area contributed by atoms with Gasteiger partial charge in [-0.05, 0) is 29.5 Å². The molecular formula is C11H11LiSi. The summed E-state index contributed by atoms with van der Waals surface area (Å²) < 4.78 is 0. The fourth-order valence-corrected chi connectivity index (χ4v) is 2.10. The second-order valence-corrected chi connectivity index (χ2v) is 3.66. The summed E-state index contributed by atoms with van der Waals surface area (Å²) >= 11 is 0. The van der Waals surface area contributed by atoms with Crippen LogP contribution in [0.25, 0.3) is 6.08 Å². The number of hydrogen-bond acceptors (Lipinski definition) is 0. The van der Waals surface area contributed by atoms with Crippen LogP contribution in [-0.2, 0) is 0 Å². The van der Waals surface area contributed by atoms with Gasteiger partial charge in [-0.2, -0.15) is 0 Å². The predicted octanol–water partition coefficient (Wildman–Crippen LogP) is 2.31. The molecule has 4 radical (unpaired) electrons. The molecule has 0 heterocycles. The van der Waals surface area contributed by atoms with E-state index in [2.05, 4.69) is 47.5 Å². The fraction of sp³-hybridized carbons (Fsp3) is 0.273. The largest absolute Gasteiger partial charge is 0.0767 e. The van der Waals surface area contributed by atoms with Gasteiger partial charge >= 0.3 is 0 Å². The number of fused-ring (bicyclic) bond motifs is 1.